The molecule has 1 aromatic carbocycles. The van der Waals surface area contributed by atoms with E-state index in [1.807, 2.05) is 13.0 Å². The summed E-state index contributed by atoms with van der Waals surface area (Å²) in [7, 11) is 0. The molecule has 3 nitrogen and oxygen atoms in total. The molecule has 2 N–H and O–H groups in total. The minimum absolute atomic E-state index is 0.0216. The molecule has 0 spiro atoms. The second-order valence-electron chi connectivity index (χ2n) is 7.86. The molecule has 21 heavy (non-hydrogen) atoms. The fraction of sp³-hybridized carbons (Fsp3) is 0.500. The van der Waals surface area contributed by atoms with Gasteiger partial charge in [0.05, 0.1) is 5.69 Å². The lowest BCUT2D eigenvalue weighted by atomic mass is 9.78. The molecule has 2 aromatic rings. The second kappa shape index (κ2) is 4.90. The van der Waals surface area contributed by atoms with Crippen LogP contribution < -0.4 is 0 Å². The van der Waals surface area contributed by atoms with Gasteiger partial charge >= 0.3 is 0 Å². The number of aromatic hydroxyl groups is 1. The fourth-order valence-corrected chi connectivity index (χ4v) is 2.39. The molecule has 2 rings (SSSR count). The Morgan fingerprint density at radius 3 is 2.00 bits per heavy atom. The number of aromatic amines is 1. The van der Waals surface area contributed by atoms with Gasteiger partial charge in [-0.2, -0.15) is 5.10 Å². The van der Waals surface area contributed by atoms with E-state index in [4.69, 9.17) is 0 Å². The molecule has 1 aromatic heterocycles. The largest absolute Gasteiger partial charge is 0.507 e. The Labute approximate surface area is 127 Å². The lowest BCUT2D eigenvalue weighted by Crippen LogP contribution is -2.17. The van der Waals surface area contributed by atoms with Crippen molar-refractivity contribution in [2.24, 2.45) is 0 Å². The quantitative estimate of drug-likeness (QED) is 0.799. The third kappa shape index (κ3) is 3.12. The monoisotopic (exact) mass is 286 g/mol. The first-order valence-corrected chi connectivity index (χ1v) is 7.40. The summed E-state index contributed by atoms with van der Waals surface area (Å²) in [6.07, 6.45) is 0. The maximum absolute atomic E-state index is 10.7. The molecule has 0 unspecified atom stereocenters. The number of nitrogens with zero attached hydrogens (tertiary/aromatic N) is 1. The average Bonchev–Trinajstić information content (AvgIpc) is 2.72. The third-order valence-corrected chi connectivity index (χ3v) is 3.77. The number of hydrogen-bond acceptors (Lipinski definition) is 2. The van der Waals surface area contributed by atoms with Crippen LogP contribution in [0.15, 0.2) is 18.2 Å². The number of phenolic OH excluding ortho intramolecular Hbond substituents is 1. The number of aryl methyl sites for hydroxylation is 1. The van der Waals surface area contributed by atoms with Gasteiger partial charge in [-0.15, -0.1) is 0 Å². The van der Waals surface area contributed by atoms with E-state index in [0.29, 0.717) is 5.75 Å². The molecule has 114 valence electrons. The van der Waals surface area contributed by atoms with E-state index in [9.17, 15) is 5.11 Å². The fourth-order valence-electron chi connectivity index (χ4n) is 2.39. The van der Waals surface area contributed by atoms with Crippen LogP contribution in [0.3, 0.4) is 0 Å². The van der Waals surface area contributed by atoms with E-state index in [2.05, 4.69) is 63.9 Å². The van der Waals surface area contributed by atoms with Gasteiger partial charge < -0.3 is 5.11 Å². The molecule has 0 saturated carbocycles. The van der Waals surface area contributed by atoms with Gasteiger partial charge in [0, 0.05) is 16.8 Å². The molecule has 0 aliphatic carbocycles. The van der Waals surface area contributed by atoms with Crippen LogP contribution in [0.1, 0.15) is 58.4 Å². The smallest absolute Gasteiger partial charge is 0.128 e. The van der Waals surface area contributed by atoms with Gasteiger partial charge in [0.15, 0.2) is 0 Å². The molecule has 0 atom stereocenters. The van der Waals surface area contributed by atoms with E-state index in [1.54, 1.807) is 0 Å². The number of rotatable bonds is 1. The van der Waals surface area contributed by atoms with Crippen LogP contribution in [0.5, 0.6) is 5.75 Å². The van der Waals surface area contributed by atoms with E-state index in [-0.39, 0.29) is 10.8 Å². The van der Waals surface area contributed by atoms with Crippen molar-refractivity contribution in [3.8, 4) is 17.0 Å². The summed E-state index contributed by atoms with van der Waals surface area (Å²) in [5, 5.41) is 18.0. The van der Waals surface area contributed by atoms with Gasteiger partial charge in [-0.25, -0.2) is 0 Å². The molecular formula is C18H26N2O. The second-order valence-corrected chi connectivity index (χ2v) is 7.86. The zero-order chi connectivity index (χ0) is 16.0. The van der Waals surface area contributed by atoms with Gasteiger partial charge in [-0.05, 0) is 35.4 Å². The normalized spacial score (nSPS) is 12.7. The van der Waals surface area contributed by atoms with Crippen LogP contribution in [0.4, 0.5) is 0 Å². The highest BCUT2D eigenvalue weighted by Crippen LogP contribution is 2.41. The van der Waals surface area contributed by atoms with Crippen molar-refractivity contribution >= 4 is 0 Å². The molecule has 0 amide bonds. The number of phenols is 1. The van der Waals surface area contributed by atoms with E-state index < -0.39 is 0 Å². The van der Waals surface area contributed by atoms with Gasteiger partial charge in [0.1, 0.15) is 5.75 Å². The molecule has 0 bridgehead atoms. The Kier molecular flexibility index (Phi) is 3.64. The van der Waals surface area contributed by atoms with Gasteiger partial charge in [0.25, 0.3) is 0 Å². The lowest BCUT2D eigenvalue weighted by Gasteiger charge is -2.27. The van der Waals surface area contributed by atoms with Crippen molar-refractivity contribution in [1.82, 2.24) is 10.2 Å². The first-order valence-electron chi connectivity index (χ1n) is 7.40. The highest BCUT2D eigenvalue weighted by molar-refractivity contribution is 5.71. The third-order valence-electron chi connectivity index (χ3n) is 3.77. The number of nitrogens with one attached hydrogen (secondary N) is 1. The summed E-state index contributed by atoms with van der Waals surface area (Å²) in [5.41, 5.74) is 4.66. The summed E-state index contributed by atoms with van der Waals surface area (Å²) in [4.78, 5) is 0. The van der Waals surface area contributed by atoms with Crippen molar-refractivity contribution < 1.29 is 5.11 Å². The van der Waals surface area contributed by atoms with Gasteiger partial charge in [0.2, 0.25) is 0 Å². The Morgan fingerprint density at radius 1 is 0.952 bits per heavy atom. The first kappa shape index (κ1) is 15.6. The highest BCUT2D eigenvalue weighted by atomic mass is 16.3. The number of aromatic nitrogens is 2. The van der Waals surface area contributed by atoms with E-state index >= 15 is 0 Å². The predicted molar refractivity (Wildman–Crippen MR) is 87.8 cm³/mol. The Bertz CT molecular complexity index is 655. The van der Waals surface area contributed by atoms with Crippen molar-refractivity contribution in [2.75, 3.05) is 0 Å². The molecule has 3 heteroatoms. The zero-order valence-electron chi connectivity index (χ0n) is 14.1. The van der Waals surface area contributed by atoms with E-state index in [1.165, 1.54) is 5.56 Å². The van der Waals surface area contributed by atoms with Crippen molar-refractivity contribution in [1.29, 1.82) is 0 Å². The number of benzene rings is 1. The minimum Gasteiger partial charge on any atom is -0.507 e. The van der Waals surface area contributed by atoms with Crippen molar-refractivity contribution in [3.63, 3.8) is 0 Å². The van der Waals surface area contributed by atoms with Crippen LogP contribution >= 0.6 is 0 Å². The van der Waals surface area contributed by atoms with E-state index in [0.717, 1.165) is 22.5 Å². The summed E-state index contributed by atoms with van der Waals surface area (Å²) in [5.74, 6) is 0.335. The summed E-state index contributed by atoms with van der Waals surface area (Å²) < 4.78 is 0. The van der Waals surface area contributed by atoms with Crippen LogP contribution in [0, 0.1) is 6.92 Å². The Morgan fingerprint density at radius 2 is 1.57 bits per heavy atom. The van der Waals surface area contributed by atoms with Crippen LogP contribution in [-0.4, -0.2) is 15.3 Å². The Balaban J connectivity index is 2.75. The molecule has 0 aliphatic rings. The average molecular weight is 286 g/mol. The van der Waals surface area contributed by atoms with Gasteiger partial charge in [-0.3, -0.25) is 5.10 Å². The topological polar surface area (TPSA) is 48.9 Å². The lowest BCUT2D eigenvalue weighted by molar-refractivity contribution is 0.446. The molecule has 0 fully saturated rings. The number of H-pyrrole nitrogens is 1. The summed E-state index contributed by atoms with van der Waals surface area (Å²) >= 11 is 0. The molecule has 1 heterocycles. The predicted octanol–water partition coefficient (Wildman–Crippen LogP) is 4.69. The molecule has 0 radical (unpaired) electrons. The highest BCUT2D eigenvalue weighted by Gasteiger charge is 2.25. The van der Waals surface area contributed by atoms with Crippen LogP contribution in [-0.2, 0) is 10.8 Å². The summed E-state index contributed by atoms with van der Waals surface area (Å²) in [6, 6.07) is 6.15. The van der Waals surface area contributed by atoms with Crippen molar-refractivity contribution in [3.05, 3.63) is 35.0 Å². The van der Waals surface area contributed by atoms with Gasteiger partial charge in [-0.1, -0.05) is 47.6 Å². The maximum Gasteiger partial charge on any atom is 0.128 e. The molecule has 0 saturated heterocycles. The maximum atomic E-state index is 10.7. The molecular weight excluding hydrogens is 260 g/mol. The SMILES string of the molecule is Cc1cc(-c2cc(C(C)(C)C)cc(C(C)(C)C)c2O)n[nH]1. The first-order chi connectivity index (χ1) is 9.50. The minimum atomic E-state index is -0.120. The van der Waals surface area contributed by atoms with Crippen LogP contribution in [0.25, 0.3) is 11.3 Å². The molecule has 0 aliphatic heterocycles. The van der Waals surface area contributed by atoms with Crippen molar-refractivity contribution in [2.45, 2.75) is 59.3 Å². The Hall–Kier alpha value is -1.77. The zero-order valence-corrected chi connectivity index (χ0v) is 14.1. The summed E-state index contributed by atoms with van der Waals surface area (Å²) in [6.45, 7) is 14.9. The standard InChI is InChI=1S/C18H26N2O/c1-11-8-15(20-19-11)13-9-12(17(2,3)4)10-14(16(13)21)18(5,6)7/h8-10,21H,1-7H3,(H,19,20). The van der Waals surface area contributed by atoms with Crippen LogP contribution in [0.2, 0.25) is 0 Å². The number of hydrogen-bond donors (Lipinski definition) is 2.